The van der Waals surface area contributed by atoms with Crippen molar-refractivity contribution in [1.29, 1.82) is 0 Å². The summed E-state index contributed by atoms with van der Waals surface area (Å²) < 4.78 is 16.9. The molecule has 1 unspecified atom stereocenters. The molecule has 6 nitrogen and oxygen atoms in total. The molecule has 0 amide bonds. The van der Waals surface area contributed by atoms with E-state index in [1.807, 2.05) is 0 Å². The molecule has 0 radical (unpaired) electrons. The van der Waals surface area contributed by atoms with E-state index in [-0.39, 0.29) is 31.1 Å². The molecule has 0 spiro atoms. The summed E-state index contributed by atoms with van der Waals surface area (Å²) in [5.74, 6) is -0.866. The first kappa shape index (κ1) is 73.8. The number of hydrogen-bond acceptors (Lipinski definition) is 6. The van der Waals surface area contributed by atoms with E-state index in [0.717, 1.165) is 89.9 Å². The number of hydrogen-bond donors (Lipinski definition) is 0. The van der Waals surface area contributed by atoms with Gasteiger partial charge < -0.3 is 14.2 Å². The SMILES string of the molecule is CC/C=C\C/C=C\C/C=C\C/C=C\CCCCCCCCCCCCCCCCCCCCC(=O)OCC(COC(=O)CCCCCCCCC)OC(=O)CCCCCCCCCCC/C=C\C/C=C\CCCCCCC. The lowest BCUT2D eigenvalue weighted by atomic mass is 10.0. The maximum absolute atomic E-state index is 12.9. The zero-order valence-corrected chi connectivity index (χ0v) is 51.2. The highest BCUT2D eigenvalue weighted by molar-refractivity contribution is 5.71. The quantitative estimate of drug-likeness (QED) is 0.0261. The predicted octanol–water partition coefficient (Wildman–Crippen LogP) is 22.9. The highest BCUT2D eigenvalue weighted by Crippen LogP contribution is 2.17. The summed E-state index contributed by atoms with van der Waals surface area (Å²) >= 11 is 0. The van der Waals surface area contributed by atoms with E-state index in [0.29, 0.717) is 19.3 Å². The van der Waals surface area contributed by atoms with Crippen LogP contribution in [0.3, 0.4) is 0 Å². The molecule has 0 aliphatic rings. The minimum Gasteiger partial charge on any atom is -0.462 e. The zero-order chi connectivity index (χ0) is 55.7. The molecule has 0 saturated heterocycles. The van der Waals surface area contributed by atoms with Crippen LogP contribution in [0.1, 0.15) is 342 Å². The monoisotopic (exact) mass is 1070 g/mol. The van der Waals surface area contributed by atoms with Crippen LogP contribution in [-0.4, -0.2) is 37.2 Å². The average Bonchev–Trinajstić information content (AvgIpc) is 3.43. The van der Waals surface area contributed by atoms with Crippen molar-refractivity contribution in [3.63, 3.8) is 0 Å². The summed E-state index contributed by atoms with van der Waals surface area (Å²) in [6, 6.07) is 0. The topological polar surface area (TPSA) is 78.9 Å². The van der Waals surface area contributed by atoms with Crippen LogP contribution in [0.4, 0.5) is 0 Å². The standard InChI is InChI=1S/C71H126O6/c1-4-7-10-13-16-18-20-22-24-26-28-30-31-32-33-34-35-36-37-38-39-41-42-44-46-48-50-52-55-58-61-64-70(73)76-67-68(66-75-69(72)63-60-57-54-15-12-9-6-3)77-71(74)65-62-59-56-53-51-49-47-45-43-40-29-27-25-23-21-19-17-14-11-8-5-2/h7,10,16,18,21-24,27-30,68H,4-6,8-9,11-15,17,19-20,25-26,31-67H2,1-3H3/b10-7-,18-16-,23-21-,24-22-,29-27-,30-28-. The summed E-state index contributed by atoms with van der Waals surface area (Å²) in [5, 5.41) is 0. The highest BCUT2D eigenvalue weighted by atomic mass is 16.6. The average molecular weight is 1080 g/mol. The van der Waals surface area contributed by atoms with Gasteiger partial charge in [0, 0.05) is 19.3 Å². The van der Waals surface area contributed by atoms with Gasteiger partial charge in [-0.2, -0.15) is 0 Å². The summed E-state index contributed by atoms with van der Waals surface area (Å²) in [6.07, 6.45) is 85.2. The third-order valence-electron chi connectivity index (χ3n) is 14.7. The second-order valence-electron chi connectivity index (χ2n) is 22.4. The second-order valence-corrected chi connectivity index (χ2v) is 22.4. The van der Waals surface area contributed by atoms with Crippen molar-refractivity contribution >= 4 is 17.9 Å². The first-order valence-electron chi connectivity index (χ1n) is 33.4. The molecule has 0 N–H and O–H groups in total. The van der Waals surface area contributed by atoms with E-state index in [9.17, 15) is 14.4 Å². The highest BCUT2D eigenvalue weighted by Gasteiger charge is 2.19. The van der Waals surface area contributed by atoms with E-state index in [2.05, 4.69) is 93.7 Å². The molecule has 0 bridgehead atoms. The Morgan fingerprint density at radius 2 is 0.506 bits per heavy atom. The molecule has 0 aromatic heterocycles. The van der Waals surface area contributed by atoms with Gasteiger partial charge in [0.05, 0.1) is 0 Å². The van der Waals surface area contributed by atoms with Gasteiger partial charge in [0.25, 0.3) is 0 Å². The summed E-state index contributed by atoms with van der Waals surface area (Å²) in [4.78, 5) is 38.1. The van der Waals surface area contributed by atoms with Gasteiger partial charge in [-0.25, -0.2) is 0 Å². The van der Waals surface area contributed by atoms with Gasteiger partial charge in [-0.3, -0.25) is 14.4 Å². The molecule has 0 aromatic rings. The summed E-state index contributed by atoms with van der Waals surface area (Å²) in [6.45, 7) is 6.51. The first-order chi connectivity index (χ1) is 38.0. The van der Waals surface area contributed by atoms with Crippen LogP contribution < -0.4 is 0 Å². The summed E-state index contributed by atoms with van der Waals surface area (Å²) in [7, 11) is 0. The van der Waals surface area contributed by atoms with Crippen molar-refractivity contribution in [3.05, 3.63) is 72.9 Å². The number of carbonyl (C=O) groups excluding carboxylic acids is 3. The number of carbonyl (C=O) groups is 3. The Bertz CT molecular complexity index is 1420. The lowest BCUT2D eigenvalue weighted by Crippen LogP contribution is -2.30. The molecule has 0 aliphatic heterocycles. The van der Waals surface area contributed by atoms with Crippen molar-refractivity contribution < 1.29 is 28.6 Å². The predicted molar refractivity (Wildman–Crippen MR) is 335 cm³/mol. The molecular weight excluding hydrogens is 949 g/mol. The molecule has 6 heteroatoms. The zero-order valence-electron chi connectivity index (χ0n) is 51.2. The van der Waals surface area contributed by atoms with E-state index < -0.39 is 6.10 Å². The lowest BCUT2D eigenvalue weighted by molar-refractivity contribution is -0.167. The van der Waals surface area contributed by atoms with Crippen molar-refractivity contribution in [2.75, 3.05) is 13.2 Å². The van der Waals surface area contributed by atoms with Crippen LogP contribution in [-0.2, 0) is 28.6 Å². The second kappa shape index (κ2) is 65.4. The van der Waals surface area contributed by atoms with Crippen LogP contribution in [0.5, 0.6) is 0 Å². The minimum absolute atomic E-state index is 0.0726. The third kappa shape index (κ3) is 63.6. The van der Waals surface area contributed by atoms with E-state index in [1.165, 1.54) is 212 Å². The van der Waals surface area contributed by atoms with E-state index >= 15 is 0 Å². The molecule has 446 valence electrons. The summed E-state index contributed by atoms with van der Waals surface area (Å²) in [5.41, 5.74) is 0. The molecule has 0 saturated carbocycles. The van der Waals surface area contributed by atoms with Gasteiger partial charge in [-0.1, -0.05) is 306 Å². The molecule has 0 fully saturated rings. The lowest BCUT2D eigenvalue weighted by Gasteiger charge is -2.18. The number of ether oxygens (including phenoxy) is 3. The fraction of sp³-hybridized carbons (Fsp3) is 0.789. The van der Waals surface area contributed by atoms with Crippen LogP contribution >= 0.6 is 0 Å². The van der Waals surface area contributed by atoms with Crippen molar-refractivity contribution in [2.24, 2.45) is 0 Å². The van der Waals surface area contributed by atoms with Crippen molar-refractivity contribution in [1.82, 2.24) is 0 Å². The minimum atomic E-state index is -0.773. The fourth-order valence-corrected chi connectivity index (χ4v) is 9.70. The van der Waals surface area contributed by atoms with Gasteiger partial charge in [0.2, 0.25) is 0 Å². The molecule has 0 rings (SSSR count). The van der Waals surface area contributed by atoms with Crippen LogP contribution in [0.2, 0.25) is 0 Å². The van der Waals surface area contributed by atoms with Crippen LogP contribution in [0.15, 0.2) is 72.9 Å². The molecule has 0 aromatic carbocycles. The van der Waals surface area contributed by atoms with Gasteiger partial charge in [0.15, 0.2) is 6.10 Å². The smallest absolute Gasteiger partial charge is 0.306 e. The normalized spacial score (nSPS) is 12.5. The number of allylic oxidation sites excluding steroid dienone is 12. The van der Waals surface area contributed by atoms with Gasteiger partial charge in [-0.05, 0) is 89.9 Å². The maximum Gasteiger partial charge on any atom is 0.306 e. The number of esters is 3. The van der Waals surface area contributed by atoms with E-state index in [1.54, 1.807) is 0 Å². The van der Waals surface area contributed by atoms with Gasteiger partial charge in [-0.15, -0.1) is 0 Å². The molecule has 0 aliphatic carbocycles. The molecule has 0 heterocycles. The molecule has 77 heavy (non-hydrogen) atoms. The Balaban J connectivity index is 4.04. The Hall–Kier alpha value is -3.15. The molecule has 1 atom stereocenters. The third-order valence-corrected chi connectivity index (χ3v) is 14.7. The Morgan fingerprint density at radius 1 is 0.273 bits per heavy atom. The Labute approximate surface area is 478 Å². The largest absolute Gasteiger partial charge is 0.462 e. The Morgan fingerprint density at radius 3 is 0.792 bits per heavy atom. The van der Waals surface area contributed by atoms with Crippen LogP contribution in [0.25, 0.3) is 0 Å². The molecular formula is C71H126O6. The van der Waals surface area contributed by atoms with Gasteiger partial charge in [0.1, 0.15) is 13.2 Å². The van der Waals surface area contributed by atoms with Gasteiger partial charge >= 0.3 is 17.9 Å². The number of rotatable bonds is 61. The van der Waals surface area contributed by atoms with Crippen molar-refractivity contribution in [2.45, 2.75) is 348 Å². The Kier molecular flexibility index (Phi) is 62.7. The first-order valence-corrected chi connectivity index (χ1v) is 33.4. The van der Waals surface area contributed by atoms with Crippen LogP contribution in [0, 0.1) is 0 Å². The van der Waals surface area contributed by atoms with E-state index in [4.69, 9.17) is 14.2 Å². The fourth-order valence-electron chi connectivity index (χ4n) is 9.70. The number of unbranched alkanes of at least 4 members (excludes halogenated alkanes) is 38. The maximum atomic E-state index is 12.9. The van der Waals surface area contributed by atoms with Crippen molar-refractivity contribution in [3.8, 4) is 0 Å².